The highest BCUT2D eigenvalue weighted by molar-refractivity contribution is 5.65. The molecule has 1 fully saturated rings. The van der Waals surface area contributed by atoms with Crippen molar-refractivity contribution in [2.45, 2.75) is 44.6 Å². The molecule has 21 heavy (non-hydrogen) atoms. The number of nitrogen functional groups attached to an aromatic ring is 1. The lowest BCUT2D eigenvalue weighted by Gasteiger charge is -2.31. The van der Waals surface area contributed by atoms with E-state index < -0.39 is 6.09 Å². The summed E-state index contributed by atoms with van der Waals surface area (Å²) in [7, 11) is 0. The van der Waals surface area contributed by atoms with E-state index >= 15 is 0 Å². The van der Waals surface area contributed by atoms with Gasteiger partial charge in [0.05, 0.1) is 0 Å². The van der Waals surface area contributed by atoms with Crippen LogP contribution >= 0.6 is 0 Å². The van der Waals surface area contributed by atoms with Crippen LogP contribution in [0.2, 0.25) is 0 Å². The van der Waals surface area contributed by atoms with E-state index in [0.29, 0.717) is 19.0 Å². The van der Waals surface area contributed by atoms with Crippen molar-refractivity contribution in [2.75, 3.05) is 18.8 Å². The Balaban J connectivity index is 1.80. The van der Waals surface area contributed by atoms with Crippen LogP contribution in [0.4, 0.5) is 10.5 Å². The van der Waals surface area contributed by atoms with E-state index in [4.69, 9.17) is 15.6 Å². The fourth-order valence-electron chi connectivity index (χ4n) is 3.42. The van der Waals surface area contributed by atoms with Crippen molar-refractivity contribution >= 4 is 11.8 Å². The molecule has 1 aromatic rings. The summed E-state index contributed by atoms with van der Waals surface area (Å²) in [6.45, 7) is 5.30. The molecule has 3 rings (SSSR count). The maximum atomic E-state index is 11.0. The van der Waals surface area contributed by atoms with Crippen LogP contribution in [0.1, 0.15) is 43.7 Å². The molecule has 114 valence electrons. The van der Waals surface area contributed by atoms with Gasteiger partial charge in [0, 0.05) is 30.8 Å². The van der Waals surface area contributed by atoms with Crippen LogP contribution in [0, 0.1) is 0 Å². The van der Waals surface area contributed by atoms with Crippen molar-refractivity contribution in [3.63, 3.8) is 0 Å². The van der Waals surface area contributed by atoms with Gasteiger partial charge in [0.2, 0.25) is 0 Å². The second-order valence-corrected chi connectivity index (χ2v) is 6.67. The molecule has 5 heteroatoms. The Labute approximate surface area is 124 Å². The first-order valence-electron chi connectivity index (χ1n) is 7.45. The number of nitrogens with zero attached hydrogens (tertiary/aromatic N) is 1. The van der Waals surface area contributed by atoms with Gasteiger partial charge in [0.1, 0.15) is 11.4 Å². The number of hydrogen-bond acceptors (Lipinski definition) is 3. The molecule has 5 nitrogen and oxygen atoms in total. The van der Waals surface area contributed by atoms with Crippen LogP contribution in [0.3, 0.4) is 0 Å². The quantitative estimate of drug-likeness (QED) is 0.780. The Morgan fingerprint density at radius 1 is 1.38 bits per heavy atom. The van der Waals surface area contributed by atoms with Gasteiger partial charge < -0.3 is 20.5 Å². The molecular weight excluding hydrogens is 268 g/mol. The van der Waals surface area contributed by atoms with Gasteiger partial charge in [-0.05, 0) is 50.3 Å². The number of anilines is 1. The van der Waals surface area contributed by atoms with Crippen LogP contribution in [0.5, 0.6) is 5.75 Å². The first kappa shape index (κ1) is 14.0. The number of amides is 1. The van der Waals surface area contributed by atoms with E-state index in [9.17, 15) is 4.79 Å². The number of carboxylic acid groups (broad SMARTS) is 1. The second kappa shape index (κ2) is 4.83. The van der Waals surface area contributed by atoms with Crippen LogP contribution in [-0.2, 0) is 6.42 Å². The first-order chi connectivity index (χ1) is 9.85. The predicted octanol–water partition coefficient (Wildman–Crippen LogP) is 2.84. The van der Waals surface area contributed by atoms with Crippen LogP contribution in [0.15, 0.2) is 12.1 Å². The van der Waals surface area contributed by atoms with Gasteiger partial charge in [0.25, 0.3) is 0 Å². The minimum atomic E-state index is -0.833. The van der Waals surface area contributed by atoms with Crippen molar-refractivity contribution in [1.82, 2.24) is 4.90 Å². The highest BCUT2D eigenvalue weighted by atomic mass is 16.5. The molecule has 1 aromatic carbocycles. The molecule has 0 spiro atoms. The second-order valence-electron chi connectivity index (χ2n) is 6.67. The number of benzene rings is 1. The summed E-state index contributed by atoms with van der Waals surface area (Å²) in [6, 6.07) is 4.10. The molecule has 3 N–H and O–H groups in total. The van der Waals surface area contributed by atoms with Crippen molar-refractivity contribution in [1.29, 1.82) is 0 Å². The third-order valence-electron chi connectivity index (χ3n) is 4.47. The van der Waals surface area contributed by atoms with E-state index in [1.54, 1.807) is 0 Å². The molecule has 1 saturated heterocycles. The van der Waals surface area contributed by atoms with Crippen molar-refractivity contribution in [3.05, 3.63) is 23.3 Å². The largest absolute Gasteiger partial charge is 0.487 e. The highest BCUT2D eigenvalue weighted by Crippen LogP contribution is 2.41. The van der Waals surface area contributed by atoms with E-state index in [1.165, 1.54) is 10.5 Å². The highest BCUT2D eigenvalue weighted by Gasteiger charge is 2.32. The zero-order valence-electron chi connectivity index (χ0n) is 12.6. The fourth-order valence-corrected chi connectivity index (χ4v) is 3.42. The number of rotatable bonds is 1. The smallest absolute Gasteiger partial charge is 0.407 e. The van der Waals surface area contributed by atoms with Crippen molar-refractivity contribution < 1.29 is 14.6 Å². The first-order valence-corrected chi connectivity index (χ1v) is 7.45. The van der Waals surface area contributed by atoms with Gasteiger partial charge in [0.15, 0.2) is 0 Å². The molecule has 0 aromatic heterocycles. The van der Waals surface area contributed by atoms with E-state index in [0.717, 1.165) is 36.3 Å². The average molecular weight is 290 g/mol. The van der Waals surface area contributed by atoms with Gasteiger partial charge in [-0.25, -0.2) is 4.79 Å². The number of likely N-dealkylation sites (tertiary alicyclic amines) is 1. The molecule has 0 saturated carbocycles. The molecule has 0 bridgehead atoms. The van der Waals surface area contributed by atoms with E-state index in [2.05, 4.69) is 19.9 Å². The Hall–Kier alpha value is -1.91. The SMILES string of the molecule is CC1(C)Cc2cc(N)c(C3CCN(C(=O)O)CC3)cc2O1. The van der Waals surface area contributed by atoms with Gasteiger partial charge in [-0.15, -0.1) is 0 Å². The van der Waals surface area contributed by atoms with Crippen molar-refractivity contribution in [2.24, 2.45) is 0 Å². The topological polar surface area (TPSA) is 75.8 Å². The zero-order valence-corrected chi connectivity index (χ0v) is 12.6. The Morgan fingerprint density at radius 2 is 2.05 bits per heavy atom. The summed E-state index contributed by atoms with van der Waals surface area (Å²) in [5, 5.41) is 9.02. The Bertz CT molecular complexity index is 575. The molecule has 2 heterocycles. The van der Waals surface area contributed by atoms with Gasteiger partial charge in [-0.1, -0.05) is 0 Å². The molecular formula is C16H22N2O3. The van der Waals surface area contributed by atoms with Gasteiger partial charge in [-0.2, -0.15) is 0 Å². The lowest BCUT2D eigenvalue weighted by molar-refractivity contribution is 0.131. The summed E-state index contributed by atoms with van der Waals surface area (Å²) in [5.74, 6) is 1.25. The number of piperidine rings is 1. The summed E-state index contributed by atoms with van der Waals surface area (Å²) in [4.78, 5) is 12.4. The normalized spacial score (nSPS) is 21.0. The standard InChI is InChI=1S/C16H22N2O3/c1-16(2)9-11-7-13(17)12(8-14(11)21-16)10-3-5-18(6-4-10)15(19)20/h7-8,10H,3-6,9,17H2,1-2H3,(H,19,20). The van der Waals surface area contributed by atoms with Crippen LogP contribution in [0.25, 0.3) is 0 Å². The zero-order chi connectivity index (χ0) is 15.2. The Morgan fingerprint density at radius 3 is 2.67 bits per heavy atom. The molecule has 0 unspecified atom stereocenters. The lowest BCUT2D eigenvalue weighted by Crippen LogP contribution is -2.36. The molecule has 0 atom stereocenters. The summed E-state index contributed by atoms with van der Waals surface area (Å²) in [5.41, 5.74) is 9.14. The third kappa shape index (κ3) is 2.64. The monoisotopic (exact) mass is 290 g/mol. The average Bonchev–Trinajstić information content (AvgIpc) is 2.71. The van der Waals surface area contributed by atoms with Gasteiger partial charge >= 0.3 is 6.09 Å². The number of carbonyl (C=O) groups is 1. The number of fused-ring (bicyclic) bond motifs is 1. The molecule has 2 aliphatic rings. The number of hydrogen-bond donors (Lipinski definition) is 2. The summed E-state index contributed by atoms with van der Waals surface area (Å²) >= 11 is 0. The lowest BCUT2D eigenvalue weighted by atomic mass is 9.87. The maximum absolute atomic E-state index is 11.0. The number of ether oxygens (including phenoxy) is 1. The predicted molar refractivity (Wildman–Crippen MR) is 80.8 cm³/mol. The molecule has 2 aliphatic heterocycles. The Kier molecular flexibility index (Phi) is 3.23. The minimum Gasteiger partial charge on any atom is -0.487 e. The minimum absolute atomic E-state index is 0.167. The third-order valence-corrected chi connectivity index (χ3v) is 4.47. The molecule has 0 radical (unpaired) electrons. The van der Waals surface area contributed by atoms with E-state index in [-0.39, 0.29) is 5.60 Å². The van der Waals surface area contributed by atoms with Crippen LogP contribution in [-0.4, -0.2) is 34.8 Å². The fraction of sp³-hybridized carbons (Fsp3) is 0.562. The summed E-state index contributed by atoms with van der Waals surface area (Å²) < 4.78 is 5.98. The molecule has 1 amide bonds. The number of nitrogens with two attached hydrogens (primary N) is 1. The van der Waals surface area contributed by atoms with Crippen molar-refractivity contribution in [3.8, 4) is 5.75 Å². The van der Waals surface area contributed by atoms with Crippen LogP contribution < -0.4 is 10.5 Å². The van der Waals surface area contributed by atoms with E-state index in [1.807, 2.05) is 6.07 Å². The molecule has 0 aliphatic carbocycles. The van der Waals surface area contributed by atoms with Gasteiger partial charge in [-0.3, -0.25) is 0 Å². The summed E-state index contributed by atoms with van der Waals surface area (Å²) in [6.07, 6.45) is 1.68. The maximum Gasteiger partial charge on any atom is 0.407 e.